The van der Waals surface area contributed by atoms with Crippen LogP contribution in [0.5, 0.6) is 0 Å². The van der Waals surface area contributed by atoms with E-state index in [4.69, 9.17) is 26.6 Å². The summed E-state index contributed by atoms with van der Waals surface area (Å²) >= 11 is 0. The second kappa shape index (κ2) is 13.5. The lowest BCUT2D eigenvalue weighted by Crippen LogP contribution is -2.40. The molecule has 0 aliphatic heterocycles. The van der Waals surface area contributed by atoms with E-state index in [2.05, 4.69) is 27.4 Å². The molecule has 7 N–H and O–H groups in total. The van der Waals surface area contributed by atoms with Crippen LogP contribution in [0.2, 0.25) is 0 Å². The van der Waals surface area contributed by atoms with Crippen molar-refractivity contribution in [1.29, 1.82) is 0 Å². The molecule has 0 spiro atoms. The minimum atomic E-state index is -0.611. The number of rotatable bonds is 5. The van der Waals surface area contributed by atoms with Crippen LogP contribution in [0.4, 0.5) is 5.88 Å². The number of carbonyl (C=O) groups is 2. The number of ketones is 1. The van der Waals surface area contributed by atoms with Crippen LogP contribution in [0, 0.1) is 11.8 Å². The van der Waals surface area contributed by atoms with E-state index in [1.807, 2.05) is 102 Å². The number of hydrogen-bond donors (Lipinski definition) is 4. The fraction of sp³-hybridized carbons (Fsp3) is 0.205. The Morgan fingerprint density at radius 1 is 0.816 bits per heavy atom. The van der Waals surface area contributed by atoms with Crippen molar-refractivity contribution in [1.82, 2.24) is 5.32 Å². The molecule has 49 heavy (non-hydrogen) atoms. The average molecular weight is 654 g/mol. The first-order valence-corrected chi connectivity index (χ1v) is 15.7. The van der Waals surface area contributed by atoms with Gasteiger partial charge in [-0.2, -0.15) is 5.10 Å². The number of nitrogens with zero attached hydrogens (tertiary/aromatic N) is 3. The third kappa shape index (κ3) is 8.03. The van der Waals surface area contributed by atoms with Gasteiger partial charge in [0.05, 0.1) is 28.1 Å². The number of nitrogen functional groups attached to an aromatic ring is 1. The smallest absolute Gasteiger partial charge is 0.256 e. The summed E-state index contributed by atoms with van der Waals surface area (Å²) in [7, 11) is 0. The van der Waals surface area contributed by atoms with Crippen LogP contribution >= 0.6 is 0 Å². The van der Waals surface area contributed by atoms with E-state index in [1.54, 1.807) is 18.2 Å². The van der Waals surface area contributed by atoms with E-state index in [0.717, 1.165) is 11.1 Å². The Bertz CT molecular complexity index is 2250. The highest BCUT2D eigenvalue weighted by molar-refractivity contribution is 6.20. The molecule has 10 heteroatoms. The molecule has 3 aromatic rings. The first-order chi connectivity index (χ1) is 23.1. The van der Waals surface area contributed by atoms with E-state index >= 15 is 0 Å². The second-order valence-corrected chi connectivity index (χ2v) is 13.5. The summed E-state index contributed by atoms with van der Waals surface area (Å²) in [5.41, 5.74) is 20.7. The van der Waals surface area contributed by atoms with E-state index < -0.39 is 11.1 Å². The maximum atomic E-state index is 14.4. The van der Waals surface area contributed by atoms with Gasteiger partial charge in [0, 0.05) is 22.2 Å². The van der Waals surface area contributed by atoms with Gasteiger partial charge in [-0.3, -0.25) is 14.6 Å². The van der Waals surface area contributed by atoms with Gasteiger partial charge in [0.1, 0.15) is 5.56 Å². The predicted molar refractivity (Wildman–Crippen MR) is 195 cm³/mol. The Hall–Kier alpha value is -6.21. The lowest BCUT2D eigenvalue weighted by atomic mass is 9.99. The van der Waals surface area contributed by atoms with E-state index in [1.165, 1.54) is 6.21 Å². The largest absolute Gasteiger partial charge is 0.439 e. The van der Waals surface area contributed by atoms with Crippen molar-refractivity contribution in [3.63, 3.8) is 0 Å². The summed E-state index contributed by atoms with van der Waals surface area (Å²) in [5, 5.41) is 11.4. The number of anilines is 1. The molecule has 0 radical (unpaired) electrons. The Kier molecular flexibility index (Phi) is 9.40. The summed E-state index contributed by atoms with van der Waals surface area (Å²) < 4.78 is 6.24. The molecule has 2 aliphatic carbocycles. The van der Waals surface area contributed by atoms with Crippen molar-refractivity contribution in [2.75, 3.05) is 5.73 Å². The minimum Gasteiger partial charge on any atom is -0.439 e. The van der Waals surface area contributed by atoms with Crippen LogP contribution in [0.25, 0.3) is 22.1 Å². The number of guanidine groups is 1. The van der Waals surface area contributed by atoms with Crippen molar-refractivity contribution in [3.8, 4) is 23.0 Å². The maximum Gasteiger partial charge on any atom is 0.256 e. The first-order valence-electron chi connectivity index (χ1n) is 15.7. The molecule has 2 aliphatic rings. The number of hydrogen-bond acceptors (Lipinski definition) is 7. The number of fused-ring (bicyclic) bond motifs is 3. The molecule has 0 atom stereocenters. The highest BCUT2D eigenvalue weighted by atomic mass is 16.3. The van der Waals surface area contributed by atoms with Gasteiger partial charge in [-0.05, 0) is 82.5 Å². The van der Waals surface area contributed by atoms with Crippen molar-refractivity contribution in [3.05, 3.63) is 118 Å². The number of nitrogens with two attached hydrogens (primary N) is 3. The Balaban J connectivity index is 1.66. The normalized spacial score (nSPS) is 12.2. The van der Waals surface area contributed by atoms with Gasteiger partial charge < -0.3 is 26.9 Å². The molecule has 0 unspecified atom stereocenters. The molecule has 248 valence electrons. The van der Waals surface area contributed by atoms with Gasteiger partial charge in [0.15, 0.2) is 5.58 Å². The van der Waals surface area contributed by atoms with E-state index in [-0.39, 0.29) is 34.7 Å². The number of nitrogens with one attached hydrogen (secondary N) is 1. The van der Waals surface area contributed by atoms with E-state index in [0.29, 0.717) is 38.6 Å². The van der Waals surface area contributed by atoms with Gasteiger partial charge >= 0.3 is 0 Å². The standard InChI is InChI=1S/C39H39N7O3/c1-38(2,3)44-32-29-27-16-8-7-9-17-28(27)30(36(48)45-39(4,5)6)34(29)49-35(40)31(32)33(47)26-15-11-13-24(21-26)19-18-23-12-10-14-25(20-23)22-43-46-37(41)42/h7-17,20-22H,40H2,1-6H3,(H,45,48)(H4,41,42,46)/b43-22+,44-32?. The zero-order valence-electron chi connectivity index (χ0n) is 28.4. The maximum absolute atomic E-state index is 14.4. The molecule has 5 rings (SSSR count). The topological polar surface area (TPSA) is 174 Å². The van der Waals surface area contributed by atoms with Crippen molar-refractivity contribution in [2.45, 2.75) is 52.6 Å². The van der Waals surface area contributed by atoms with Gasteiger partial charge in [-0.15, -0.1) is 5.10 Å². The van der Waals surface area contributed by atoms with Crippen LogP contribution < -0.4 is 27.9 Å². The fourth-order valence-corrected chi connectivity index (χ4v) is 5.27. The first kappa shape index (κ1) is 34.1. The molecule has 0 saturated heterocycles. The molecular formula is C39H39N7O3. The Morgan fingerprint density at radius 2 is 1.47 bits per heavy atom. The number of benzene rings is 2. The summed E-state index contributed by atoms with van der Waals surface area (Å²) in [6, 6.07) is 23.7. The molecule has 1 amide bonds. The Labute approximate surface area is 285 Å². The second-order valence-electron chi connectivity index (χ2n) is 13.5. The van der Waals surface area contributed by atoms with E-state index in [9.17, 15) is 9.59 Å². The van der Waals surface area contributed by atoms with Crippen LogP contribution in [0.1, 0.15) is 84.5 Å². The fourth-order valence-electron chi connectivity index (χ4n) is 5.27. The van der Waals surface area contributed by atoms with Crippen LogP contribution in [0.3, 0.4) is 0 Å². The summed E-state index contributed by atoms with van der Waals surface area (Å²) in [6.45, 7) is 11.5. The molecular weight excluding hydrogens is 614 g/mol. The predicted octanol–water partition coefficient (Wildman–Crippen LogP) is 5.59. The molecule has 0 fully saturated rings. The van der Waals surface area contributed by atoms with Crippen LogP contribution in [0.15, 0.2) is 98.5 Å². The molecule has 0 bridgehead atoms. The third-order valence-corrected chi connectivity index (χ3v) is 7.10. The van der Waals surface area contributed by atoms with Crippen LogP contribution in [-0.2, 0) is 0 Å². The minimum absolute atomic E-state index is 0.112. The highest BCUT2D eigenvalue weighted by Gasteiger charge is 2.31. The quantitative estimate of drug-likeness (QED) is 0.0633. The van der Waals surface area contributed by atoms with Crippen molar-refractivity contribution < 1.29 is 14.0 Å². The van der Waals surface area contributed by atoms with Crippen molar-refractivity contribution in [2.24, 2.45) is 26.7 Å². The molecule has 10 nitrogen and oxygen atoms in total. The molecule has 2 aromatic carbocycles. The third-order valence-electron chi connectivity index (χ3n) is 7.10. The van der Waals surface area contributed by atoms with Gasteiger partial charge in [-0.1, -0.05) is 66.4 Å². The number of carbonyl (C=O) groups excluding carboxylic acids is 2. The zero-order valence-corrected chi connectivity index (χ0v) is 28.4. The lowest BCUT2D eigenvalue weighted by molar-refractivity contribution is 0.0920. The SMILES string of the molecule is CC(C)(C)N=c1c(C(=O)c2cccc(C#Cc3cccc(/C=N/N=C(N)N)c3)c2)c(N)oc2c(C(=O)NC(C)(C)C)c3cccccc-3c12. The van der Waals surface area contributed by atoms with Gasteiger partial charge in [0.2, 0.25) is 17.6 Å². The molecule has 1 heterocycles. The molecule has 0 saturated carbocycles. The monoisotopic (exact) mass is 653 g/mol. The number of amides is 1. The highest BCUT2D eigenvalue weighted by Crippen LogP contribution is 2.39. The van der Waals surface area contributed by atoms with Gasteiger partial charge in [-0.25, -0.2) is 0 Å². The van der Waals surface area contributed by atoms with Gasteiger partial charge in [0.25, 0.3) is 5.91 Å². The summed E-state index contributed by atoms with van der Waals surface area (Å²) in [4.78, 5) is 33.2. The Morgan fingerprint density at radius 3 is 2.12 bits per heavy atom. The summed E-state index contributed by atoms with van der Waals surface area (Å²) in [5.74, 6) is 5.28. The summed E-state index contributed by atoms with van der Waals surface area (Å²) in [6.07, 6.45) is 1.52. The van der Waals surface area contributed by atoms with Crippen LogP contribution in [-0.4, -0.2) is 34.9 Å². The zero-order chi connectivity index (χ0) is 35.5. The molecule has 1 aromatic heterocycles. The lowest BCUT2D eigenvalue weighted by Gasteiger charge is -2.20. The average Bonchev–Trinajstić information content (AvgIpc) is 3.12. The van der Waals surface area contributed by atoms with Crippen molar-refractivity contribution >= 4 is 40.7 Å².